The zero-order chi connectivity index (χ0) is 17.9. The van der Waals surface area contributed by atoms with E-state index >= 15 is 0 Å². The van der Waals surface area contributed by atoms with Gasteiger partial charge in [0, 0.05) is 16.3 Å². The fourth-order valence-corrected chi connectivity index (χ4v) is 3.53. The fourth-order valence-electron chi connectivity index (χ4n) is 3.41. The molecule has 0 spiro atoms. The Morgan fingerprint density at radius 2 is 1.77 bits per heavy atom. The highest BCUT2D eigenvalue weighted by molar-refractivity contribution is 6.30. The number of hydrogen-bond donors (Lipinski definition) is 1. The number of anilines is 1. The van der Waals surface area contributed by atoms with Crippen LogP contribution in [0.4, 0.5) is 5.69 Å². The molecule has 4 rings (SSSR count). The lowest BCUT2D eigenvalue weighted by Gasteiger charge is -2.33. The van der Waals surface area contributed by atoms with Gasteiger partial charge in [0.15, 0.2) is 6.54 Å². The maximum absolute atomic E-state index is 5.92. The van der Waals surface area contributed by atoms with Crippen LogP contribution < -0.4 is 9.80 Å². The van der Waals surface area contributed by atoms with Crippen molar-refractivity contribution in [3.63, 3.8) is 0 Å². The highest BCUT2D eigenvalue weighted by Crippen LogP contribution is 2.20. The molecule has 1 N–H and O–H groups in total. The zero-order valence-corrected chi connectivity index (χ0v) is 15.5. The lowest BCUT2D eigenvalue weighted by Crippen LogP contribution is -3.13. The predicted octanol–water partition coefficient (Wildman–Crippen LogP) is 2.60. The van der Waals surface area contributed by atoms with Crippen LogP contribution in [0, 0.1) is 6.92 Å². The molecule has 5 nitrogen and oxygen atoms in total. The van der Waals surface area contributed by atoms with Crippen molar-refractivity contribution in [1.29, 1.82) is 0 Å². The van der Waals surface area contributed by atoms with E-state index in [9.17, 15) is 0 Å². The summed E-state index contributed by atoms with van der Waals surface area (Å²) in [6, 6.07) is 16.0. The van der Waals surface area contributed by atoms with Crippen LogP contribution in [0.3, 0.4) is 0 Å². The van der Waals surface area contributed by atoms with E-state index in [-0.39, 0.29) is 0 Å². The molecule has 0 amide bonds. The number of piperazine rings is 1. The first-order valence-corrected chi connectivity index (χ1v) is 9.29. The third kappa shape index (κ3) is 3.74. The molecule has 6 heteroatoms. The van der Waals surface area contributed by atoms with Crippen LogP contribution in [-0.2, 0) is 6.54 Å². The van der Waals surface area contributed by atoms with Gasteiger partial charge < -0.3 is 14.2 Å². The molecule has 0 unspecified atom stereocenters. The quantitative estimate of drug-likeness (QED) is 0.768. The van der Waals surface area contributed by atoms with E-state index in [1.54, 1.807) is 0 Å². The molecule has 134 valence electrons. The van der Waals surface area contributed by atoms with E-state index in [1.807, 2.05) is 24.3 Å². The molecule has 2 heterocycles. The first-order chi connectivity index (χ1) is 12.7. The molecule has 1 aliphatic rings. The number of nitrogens with one attached hydrogen (secondary N) is 1. The summed E-state index contributed by atoms with van der Waals surface area (Å²) in [7, 11) is 0. The maximum Gasteiger partial charge on any atom is 0.271 e. The van der Waals surface area contributed by atoms with Crippen LogP contribution >= 0.6 is 11.6 Å². The van der Waals surface area contributed by atoms with Crippen molar-refractivity contribution in [2.45, 2.75) is 13.5 Å². The van der Waals surface area contributed by atoms with Crippen LogP contribution in [0.25, 0.3) is 11.5 Å². The molecular weight excluding hydrogens is 348 g/mol. The first kappa shape index (κ1) is 17.1. The van der Waals surface area contributed by atoms with Crippen molar-refractivity contribution in [3.05, 3.63) is 65.0 Å². The standard InChI is InChI=1S/C20H21ClN4O/c1-15-4-2-3-5-18(15)25-12-10-24(11-13-25)14-19-22-23-20(26-19)16-6-8-17(21)9-7-16/h2-9H,10-14H2,1H3/p+1. The lowest BCUT2D eigenvalue weighted by atomic mass is 10.1. The Labute approximate surface area is 158 Å². The molecule has 0 aliphatic carbocycles. The largest absolute Gasteiger partial charge is 0.415 e. The van der Waals surface area contributed by atoms with Gasteiger partial charge in [0.2, 0.25) is 5.89 Å². The number of benzene rings is 2. The maximum atomic E-state index is 5.92. The van der Waals surface area contributed by atoms with Gasteiger partial charge in [-0.25, -0.2) is 0 Å². The van der Waals surface area contributed by atoms with Crippen LogP contribution in [0.15, 0.2) is 52.9 Å². The van der Waals surface area contributed by atoms with Crippen molar-refractivity contribution in [2.24, 2.45) is 0 Å². The molecule has 1 saturated heterocycles. The summed E-state index contributed by atoms with van der Waals surface area (Å²) in [6.07, 6.45) is 0. The summed E-state index contributed by atoms with van der Waals surface area (Å²) in [5.41, 5.74) is 3.57. The van der Waals surface area contributed by atoms with E-state index in [2.05, 4.69) is 46.3 Å². The average molecular weight is 370 g/mol. The molecule has 2 aromatic carbocycles. The van der Waals surface area contributed by atoms with Crippen molar-refractivity contribution in [3.8, 4) is 11.5 Å². The monoisotopic (exact) mass is 369 g/mol. The van der Waals surface area contributed by atoms with Crippen molar-refractivity contribution >= 4 is 17.3 Å². The van der Waals surface area contributed by atoms with E-state index < -0.39 is 0 Å². The van der Waals surface area contributed by atoms with Gasteiger partial charge in [0.05, 0.1) is 26.2 Å². The second-order valence-electron chi connectivity index (χ2n) is 6.71. The average Bonchev–Trinajstić information content (AvgIpc) is 3.12. The Bertz CT molecular complexity index is 870. The Kier molecular flexibility index (Phi) is 4.91. The predicted molar refractivity (Wildman–Crippen MR) is 103 cm³/mol. The second kappa shape index (κ2) is 7.48. The summed E-state index contributed by atoms with van der Waals surface area (Å²) < 4.78 is 5.84. The van der Waals surface area contributed by atoms with Crippen molar-refractivity contribution < 1.29 is 9.32 Å². The SMILES string of the molecule is Cc1ccccc1N1CC[NH+](Cc2nnc(-c3ccc(Cl)cc3)o2)CC1. The number of quaternary nitrogens is 1. The highest BCUT2D eigenvalue weighted by atomic mass is 35.5. The number of aromatic nitrogens is 2. The van der Waals surface area contributed by atoms with E-state index in [0.29, 0.717) is 16.8 Å². The van der Waals surface area contributed by atoms with Gasteiger partial charge in [0.1, 0.15) is 0 Å². The number of rotatable bonds is 4. The Hall–Kier alpha value is -2.37. The number of hydrogen-bond acceptors (Lipinski definition) is 4. The van der Waals surface area contributed by atoms with Gasteiger partial charge in [-0.2, -0.15) is 0 Å². The summed E-state index contributed by atoms with van der Waals surface area (Å²) in [5, 5.41) is 9.09. The number of para-hydroxylation sites is 1. The highest BCUT2D eigenvalue weighted by Gasteiger charge is 2.23. The van der Waals surface area contributed by atoms with Gasteiger partial charge in [-0.05, 0) is 42.8 Å². The summed E-state index contributed by atoms with van der Waals surface area (Å²) in [5.74, 6) is 1.24. The number of halogens is 1. The van der Waals surface area contributed by atoms with Crippen molar-refractivity contribution in [1.82, 2.24) is 10.2 Å². The Morgan fingerprint density at radius 1 is 1.04 bits per heavy atom. The third-order valence-corrected chi connectivity index (χ3v) is 5.14. The molecule has 0 saturated carbocycles. The van der Waals surface area contributed by atoms with Crippen LogP contribution in [0.2, 0.25) is 5.02 Å². The molecule has 0 bridgehead atoms. The smallest absolute Gasteiger partial charge is 0.271 e. The van der Waals surface area contributed by atoms with Gasteiger partial charge in [-0.1, -0.05) is 29.8 Å². The van der Waals surface area contributed by atoms with Gasteiger partial charge in [0.25, 0.3) is 5.89 Å². The molecule has 3 aromatic rings. The number of aryl methyl sites for hydroxylation is 1. The van der Waals surface area contributed by atoms with Crippen LogP contribution in [-0.4, -0.2) is 36.4 Å². The molecule has 0 atom stereocenters. The Balaban J connectivity index is 1.36. The molecular formula is C20H22ClN4O+. The topological polar surface area (TPSA) is 46.6 Å². The fraction of sp³-hybridized carbons (Fsp3) is 0.300. The normalized spacial score (nSPS) is 15.4. The van der Waals surface area contributed by atoms with Crippen molar-refractivity contribution in [2.75, 3.05) is 31.1 Å². The second-order valence-corrected chi connectivity index (χ2v) is 7.14. The lowest BCUT2D eigenvalue weighted by molar-refractivity contribution is -0.915. The summed E-state index contributed by atoms with van der Waals surface area (Å²) in [4.78, 5) is 3.94. The molecule has 1 aliphatic heterocycles. The summed E-state index contributed by atoms with van der Waals surface area (Å²) in [6.45, 7) is 7.14. The third-order valence-electron chi connectivity index (χ3n) is 4.89. The van der Waals surface area contributed by atoms with Gasteiger partial charge in [-0.3, -0.25) is 0 Å². The minimum atomic E-state index is 0.551. The van der Waals surface area contributed by atoms with Gasteiger partial charge >= 0.3 is 0 Å². The van der Waals surface area contributed by atoms with Crippen LogP contribution in [0.1, 0.15) is 11.5 Å². The molecule has 1 fully saturated rings. The summed E-state index contributed by atoms with van der Waals surface area (Å²) >= 11 is 5.92. The Morgan fingerprint density at radius 3 is 2.50 bits per heavy atom. The molecule has 1 aromatic heterocycles. The van der Waals surface area contributed by atoms with Crippen LogP contribution in [0.5, 0.6) is 0 Å². The zero-order valence-electron chi connectivity index (χ0n) is 14.8. The molecule has 0 radical (unpaired) electrons. The van der Waals surface area contributed by atoms with E-state index in [0.717, 1.165) is 38.3 Å². The first-order valence-electron chi connectivity index (χ1n) is 8.91. The molecule has 26 heavy (non-hydrogen) atoms. The number of nitrogens with zero attached hydrogens (tertiary/aromatic N) is 3. The van der Waals surface area contributed by atoms with Gasteiger partial charge in [-0.15, -0.1) is 10.2 Å². The van der Waals surface area contributed by atoms with E-state index in [1.165, 1.54) is 16.2 Å². The minimum absolute atomic E-state index is 0.551. The minimum Gasteiger partial charge on any atom is -0.415 e. The van der Waals surface area contributed by atoms with E-state index in [4.69, 9.17) is 16.0 Å².